The van der Waals surface area contributed by atoms with Crippen LogP contribution in [0.25, 0.3) is 27.7 Å². The first-order valence-electron chi connectivity index (χ1n) is 10.6. The highest BCUT2D eigenvalue weighted by molar-refractivity contribution is 6.12. The molecule has 0 aliphatic heterocycles. The van der Waals surface area contributed by atoms with Gasteiger partial charge in [0, 0.05) is 42.3 Å². The number of hydrogen-bond acceptors (Lipinski definition) is 6. The van der Waals surface area contributed by atoms with Crippen molar-refractivity contribution in [1.29, 1.82) is 5.41 Å². The molecule has 32 heavy (non-hydrogen) atoms. The van der Waals surface area contributed by atoms with E-state index in [0.717, 1.165) is 17.4 Å². The lowest BCUT2D eigenvalue weighted by atomic mass is 10.0. The number of nitrogens with one attached hydrogen (secondary N) is 2. The highest BCUT2D eigenvalue weighted by atomic mass is 16.5. The van der Waals surface area contributed by atoms with E-state index < -0.39 is 0 Å². The second kappa shape index (κ2) is 9.01. The van der Waals surface area contributed by atoms with Crippen LogP contribution in [0.15, 0.2) is 71.5 Å². The minimum Gasteiger partial charge on any atom is -0.464 e. The summed E-state index contributed by atoms with van der Waals surface area (Å²) in [6, 6.07) is 8.20. The third-order valence-electron chi connectivity index (χ3n) is 5.27. The number of hydrogen-bond donors (Lipinski definition) is 2. The monoisotopic (exact) mass is 427 g/mol. The van der Waals surface area contributed by atoms with Crippen LogP contribution < -0.4 is 15.6 Å². The molecule has 1 aromatic carbocycles. The number of benzene rings is 1. The van der Waals surface area contributed by atoms with Crippen molar-refractivity contribution in [2.45, 2.75) is 20.3 Å². The first-order valence-corrected chi connectivity index (χ1v) is 10.6. The molecule has 0 amide bonds. The summed E-state index contributed by atoms with van der Waals surface area (Å²) in [7, 11) is 1.78. The smallest absolute Gasteiger partial charge is 0.316 e. The van der Waals surface area contributed by atoms with Gasteiger partial charge in [0.1, 0.15) is 0 Å². The molecule has 1 aliphatic carbocycles. The standard InChI is InChI=1S/C25H25N5O2/c1-4-16-6-8-17(9-7-16)22-23-19(14-28-25(29-23)32-5-2)15-30(24(22)31)20-10-11-21(26)18(12-20)13-27-3/h6-15,26-27H,4-5H2,1-3H3/b18-13-,26-21?. The Morgan fingerprint density at radius 1 is 1.19 bits per heavy atom. The first-order chi connectivity index (χ1) is 15.5. The van der Waals surface area contributed by atoms with Gasteiger partial charge in [0.25, 0.3) is 5.56 Å². The van der Waals surface area contributed by atoms with Gasteiger partial charge in [-0.15, -0.1) is 0 Å². The van der Waals surface area contributed by atoms with Gasteiger partial charge in [-0.2, -0.15) is 4.98 Å². The van der Waals surface area contributed by atoms with Crippen LogP contribution in [0.3, 0.4) is 0 Å². The largest absolute Gasteiger partial charge is 0.464 e. The van der Waals surface area contributed by atoms with E-state index in [9.17, 15) is 4.79 Å². The van der Waals surface area contributed by atoms with Crippen molar-refractivity contribution in [2.75, 3.05) is 13.7 Å². The van der Waals surface area contributed by atoms with Crippen molar-refractivity contribution >= 4 is 22.3 Å². The molecule has 162 valence electrons. The Kier molecular flexibility index (Phi) is 5.98. The van der Waals surface area contributed by atoms with Gasteiger partial charge in [0.05, 0.1) is 23.4 Å². The van der Waals surface area contributed by atoms with E-state index in [-0.39, 0.29) is 11.6 Å². The SMILES string of the molecule is CCOc1ncc2cn(C3=C/C(=C/NC)C(=N)C=C3)c(=O)c(-c3ccc(CC)cc3)c2n1. The third-order valence-corrected chi connectivity index (χ3v) is 5.27. The molecule has 4 rings (SSSR count). The number of nitrogens with zero attached hydrogens (tertiary/aromatic N) is 3. The van der Waals surface area contributed by atoms with Crippen LogP contribution in [-0.4, -0.2) is 33.9 Å². The molecule has 2 N–H and O–H groups in total. The Bertz CT molecular complexity index is 1330. The molecule has 0 radical (unpaired) electrons. The van der Waals surface area contributed by atoms with E-state index in [1.54, 1.807) is 42.4 Å². The van der Waals surface area contributed by atoms with Gasteiger partial charge in [0.15, 0.2) is 0 Å². The van der Waals surface area contributed by atoms with Gasteiger partial charge >= 0.3 is 6.01 Å². The van der Waals surface area contributed by atoms with Gasteiger partial charge in [-0.3, -0.25) is 9.36 Å². The van der Waals surface area contributed by atoms with Crippen molar-refractivity contribution in [3.8, 4) is 17.1 Å². The van der Waals surface area contributed by atoms with Gasteiger partial charge in [-0.1, -0.05) is 31.2 Å². The number of allylic oxidation sites excluding steroid dienone is 5. The van der Waals surface area contributed by atoms with E-state index in [1.807, 2.05) is 37.3 Å². The zero-order chi connectivity index (χ0) is 22.7. The quantitative estimate of drug-likeness (QED) is 0.621. The van der Waals surface area contributed by atoms with E-state index in [0.29, 0.717) is 34.7 Å². The third kappa shape index (κ3) is 3.97. The molecule has 0 saturated carbocycles. The highest BCUT2D eigenvalue weighted by Gasteiger charge is 2.18. The molecule has 0 unspecified atom stereocenters. The normalized spacial score (nSPS) is 14.7. The predicted octanol–water partition coefficient (Wildman–Crippen LogP) is 3.95. The number of aromatic nitrogens is 3. The Labute approximate surface area is 186 Å². The van der Waals surface area contributed by atoms with E-state index >= 15 is 0 Å². The van der Waals surface area contributed by atoms with Crippen LogP contribution in [0.2, 0.25) is 0 Å². The average molecular weight is 428 g/mol. The summed E-state index contributed by atoms with van der Waals surface area (Å²) in [4.78, 5) is 22.6. The fourth-order valence-electron chi connectivity index (χ4n) is 3.62. The molecule has 3 aromatic rings. The van der Waals surface area contributed by atoms with Gasteiger partial charge in [-0.25, -0.2) is 4.98 Å². The van der Waals surface area contributed by atoms with E-state index in [1.165, 1.54) is 5.56 Å². The minimum absolute atomic E-state index is 0.198. The van der Waals surface area contributed by atoms with Crippen LogP contribution in [-0.2, 0) is 6.42 Å². The molecule has 0 bridgehead atoms. The second-order valence-electron chi connectivity index (χ2n) is 7.32. The van der Waals surface area contributed by atoms with Crippen molar-refractivity contribution in [1.82, 2.24) is 19.9 Å². The van der Waals surface area contributed by atoms with Crippen molar-refractivity contribution in [3.63, 3.8) is 0 Å². The molecule has 0 spiro atoms. The maximum Gasteiger partial charge on any atom is 0.316 e. The van der Waals surface area contributed by atoms with Crippen LogP contribution in [0, 0.1) is 5.41 Å². The summed E-state index contributed by atoms with van der Waals surface area (Å²) >= 11 is 0. The van der Waals surface area contributed by atoms with Gasteiger partial charge in [0.2, 0.25) is 0 Å². The summed E-state index contributed by atoms with van der Waals surface area (Å²) in [5.41, 5.74) is 4.54. The zero-order valence-electron chi connectivity index (χ0n) is 18.3. The number of fused-ring (bicyclic) bond motifs is 1. The molecular weight excluding hydrogens is 402 g/mol. The molecule has 0 saturated heterocycles. The maximum absolute atomic E-state index is 13.8. The van der Waals surface area contributed by atoms with Crippen LogP contribution in [0.4, 0.5) is 0 Å². The molecule has 7 nitrogen and oxygen atoms in total. The summed E-state index contributed by atoms with van der Waals surface area (Å²) in [5, 5.41) is 11.8. The van der Waals surface area contributed by atoms with Crippen LogP contribution in [0.5, 0.6) is 6.01 Å². The summed E-state index contributed by atoms with van der Waals surface area (Å²) < 4.78 is 7.07. The zero-order valence-corrected chi connectivity index (χ0v) is 18.3. The summed E-state index contributed by atoms with van der Waals surface area (Å²) in [5.74, 6) is 0. The Hall–Kier alpha value is -4.00. The molecule has 2 aromatic heterocycles. The van der Waals surface area contributed by atoms with Crippen LogP contribution in [0.1, 0.15) is 19.4 Å². The molecule has 7 heteroatoms. The number of aryl methyl sites for hydroxylation is 1. The lowest BCUT2D eigenvalue weighted by molar-refractivity contribution is 0.314. The predicted molar refractivity (Wildman–Crippen MR) is 128 cm³/mol. The Balaban J connectivity index is 1.99. The lowest BCUT2D eigenvalue weighted by Gasteiger charge is -2.16. The van der Waals surface area contributed by atoms with Crippen LogP contribution >= 0.6 is 0 Å². The number of rotatable bonds is 6. The average Bonchev–Trinajstić information content (AvgIpc) is 2.81. The van der Waals surface area contributed by atoms with Crippen molar-refractivity contribution in [3.05, 3.63) is 82.6 Å². The van der Waals surface area contributed by atoms with E-state index in [2.05, 4.69) is 22.2 Å². The fraction of sp³-hybridized carbons (Fsp3) is 0.200. The first kappa shape index (κ1) is 21.2. The molecule has 0 atom stereocenters. The van der Waals surface area contributed by atoms with Crippen molar-refractivity contribution < 1.29 is 4.74 Å². The maximum atomic E-state index is 13.8. The van der Waals surface area contributed by atoms with Gasteiger partial charge in [-0.05, 0) is 42.7 Å². The Morgan fingerprint density at radius 2 is 1.97 bits per heavy atom. The second-order valence-corrected chi connectivity index (χ2v) is 7.32. The molecule has 0 fully saturated rings. The summed E-state index contributed by atoms with van der Waals surface area (Å²) in [6.07, 6.45) is 11.3. The Morgan fingerprint density at radius 3 is 2.66 bits per heavy atom. The summed E-state index contributed by atoms with van der Waals surface area (Å²) in [6.45, 7) is 4.40. The minimum atomic E-state index is -0.198. The van der Waals surface area contributed by atoms with E-state index in [4.69, 9.17) is 10.1 Å². The fourth-order valence-corrected chi connectivity index (χ4v) is 3.62. The highest BCUT2D eigenvalue weighted by Crippen LogP contribution is 2.27. The molecule has 1 aliphatic rings. The molecule has 2 heterocycles. The van der Waals surface area contributed by atoms with Gasteiger partial charge < -0.3 is 15.5 Å². The number of pyridine rings is 1. The topological polar surface area (TPSA) is 92.9 Å². The number of ether oxygens (including phenoxy) is 1. The lowest BCUT2D eigenvalue weighted by Crippen LogP contribution is -2.22. The molecular formula is C25H25N5O2. The van der Waals surface area contributed by atoms with Crippen molar-refractivity contribution in [2.24, 2.45) is 0 Å².